The average Bonchev–Trinajstić information content (AvgIpc) is 2.43. The zero-order valence-corrected chi connectivity index (χ0v) is 9.51. The smallest absolute Gasteiger partial charge is 0.181 e. The monoisotopic (exact) mass is 194 g/mol. The molecule has 0 fully saturated rings. The summed E-state index contributed by atoms with van der Waals surface area (Å²) in [7, 11) is 3.78. The van der Waals surface area contributed by atoms with Crippen LogP contribution < -0.4 is 5.32 Å². The third-order valence-corrected chi connectivity index (χ3v) is 2.87. The summed E-state index contributed by atoms with van der Waals surface area (Å²) in [6, 6.07) is 1.83. The first-order chi connectivity index (χ1) is 6.49. The molecule has 78 valence electrons. The summed E-state index contributed by atoms with van der Waals surface area (Å²) < 4.78 is 2.04. The van der Waals surface area contributed by atoms with Crippen molar-refractivity contribution in [3.05, 3.63) is 23.0 Å². The van der Waals surface area contributed by atoms with Crippen LogP contribution in [0.15, 0.2) is 6.07 Å². The summed E-state index contributed by atoms with van der Waals surface area (Å²) in [5.41, 5.74) is 2.98. The lowest BCUT2D eigenvalue weighted by Gasteiger charge is -2.08. The van der Waals surface area contributed by atoms with Crippen LogP contribution >= 0.6 is 0 Å². The van der Waals surface area contributed by atoms with Crippen LogP contribution in [0.2, 0.25) is 0 Å². The topological polar surface area (TPSA) is 34.0 Å². The normalized spacial score (nSPS) is 12.9. The number of hydrogen-bond acceptors (Lipinski definition) is 2. The van der Waals surface area contributed by atoms with E-state index < -0.39 is 0 Å². The lowest BCUT2D eigenvalue weighted by atomic mass is 10.1. The van der Waals surface area contributed by atoms with E-state index in [1.165, 1.54) is 0 Å². The molecule has 1 unspecified atom stereocenters. The molecular weight excluding hydrogens is 176 g/mol. The third-order valence-electron chi connectivity index (χ3n) is 2.87. The number of aryl methyl sites for hydroxylation is 1. The molecule has 14 heavy (non-hydrogen) atoms. The maximum absolute atomic E-state index is 11.9. The van der Waals surface area contributed by atoms with Crippen LogP contribution in [0, 0.1) is 13.8 Å². The second kappa shape index (κ2) is 3.96. The molecule has 1 N–H and O–H groups in total. The van der Waals surface area contributed by atoms with E-state index in [4.69, 9.17) is 0 Å². The Bertz CT molecular complexity index is 352. The number of rotatable bonds is 3. The van der Waals surface area contributed by atoms with Crippen LogP contribution in [0.5, 0.6) is 0 Å². The van der Waals surface area contributed by atoms with Crippen molar-refractivity contribution < 1.29 is 4.79 Å². The average molecular weight is 194 g/mol. The van der Waals surface area contributed by atoms with E-state index >= 15 is 0 Å². The van der Waals surface area contributed by atoms with Gasteiger partial charge in [-0.15, -0.1) is 0 Å². The zero-order chi connectivity index (χ0) is 10.9. The molecule has 0 spiro atoms. The molecule has 1 aromatic heterocycles. The minimum Gasteiger partial charge on any atom is -0.351 e. The zero-order valence-electron chi connectivity index (χ0n) is 9.51. The van der Waals surface area contributed by atoms with Gasteiger partial charge in [0.1, 0.15) is 0 Å². The van der Waals surface area contributed by atoms with Gasteiger partial charge in [-0.2, -0.15) is 0 Å². The number of aromatic nitrogens is 1. The van der Waals surface area contributed by atoms with Crippen LogP contribution in [-0.2, 0) is 7.05 Å². The van der Waals surface area contributed by atoms with Gasteiger partial charge in [0.25, 0.3) is 0 Å². The molecule has 0 aromatic carbocycles. The lowest BCUT2D eigenvalue weighted by Crippen LogP contribution is -2.30. The predicted molar refractivity (Wildman–Crippen MR) is 57.7 cm³/mol. The van der Waals surface area contributed by atoms with Gasteiger partial charge in [0, 0.05) is 24.0 Å². The second-order valence-electron chi connectivity index (χ2n) is 3.72. The maximum Gasteiger partial charge on any atom is 0.181 e. The number of Topliss-reactive ketones (excluding diaryl/α,β-unsaturated/α-hetero) is 1. The highest BCUT2D eigenvalue weighted by atomic mass is 16.1. The first-order valence-corrected chi connectivity index (χ1v) is 4.83. The van der Waals surface area contributed by atoms with Crippen molar-refractivity contribution in [3.63, 3.8) is 0 Å². The predicted octanol–water partition coefficient (Wildman–Crippen LogP) is 1.43. The fourth-order valence-electron chi connectivity index (χ4n) is 1.47. The Kier molecular flexibility index (Phi) is 3.11. The van der Waals surface area contributed by atoms with Crippen LogP contribution in [0.1, 0.15) is 28.7 Å². The van der Waals surface area contributed by atoms with Crippen LogP contribution in [0.3, 0.4) is 0 Å². The molecular formula is C11H18N2O. The van der Waals surface area contributed by atoms with Crippen molar-refractivity contribution in [1.29, 1.82) is 0 Å². The lowest BCUT2D eigenvalue weighted by molar-refractivity contribution is 0.0954. The molecule has 0 radical (unpaired) electrons. The van der Waals surface area contributed by atoms with Crippen molar-refractivity contribution >= 4 is 5.78 Å². The van der Waals surface area contributed by atoms with Crippen molar-refractivity contribution in [3.8, 4) is 0 Å². The number of carbonyl (C=O) groups is 1. The van der Waals surface area contributed by atoms with Crippen molar-refractivity contribution in [2.75, 3.05) is 7.05 Å². The largest absolute Gasteiger partial charge is 0.351 e. The van der Waals surface area contributed by atoms with Crippen LogP contribution in [0.4, 0.5) is 0 Å². The molecule has 1 atom stereocenters. The van der Waals surface area contributed by atoms with E-state index in [1.54, 1.807) is 7.05 Å². The minimum absolute atomic E-state index is 0.115. The second-order valence-corrected chi connectivity index (χ2v) is 3.72. The van der Waals surface area contributed by atoms with Gasteiger partial charge in [0.05, 0.1) is 6.04 Å². The maximum atomic E-state index is 11.9. The van der Waals surface area contributed by atoms with Gasteiger partial charge in [0.2, 0.25) is 0 Å². The highest BCUT2D eigenvalue weighted by Crippen LogP contribution is 2.14. The van der Waals surface area contributed by atoms with Gasteiger partial charge in [-0.1, -0.05) is 0 Å². The van der Waals surface area contributed by atoms with E-state index in [1.807, 2.05) is 38.5 Å². The number of carbonyl (C=O) groups excluding carboxylic acids is 1. The summed E-state index contributed by atoms with van der Waals surface area (Å²) in [6.45, 7) is 5.86. The molecule has 3 nitrogen and oxygen atoms in total. The van der Waals surface area contributed by atoms with Crippen LogP contribution in [-0.4, -0.2) is 23.4 Å². The molecule has 0 saturated carbocycles. The van der Waals surface area contributed by atoms with Crippen LogP contribution in [0.25, 0.3) is 0 Å². The molecule has 0 aliphatic heterocycles. The molecule has 0 amide bonds. The van der Waals surface area contributed by atoms with E-state index in [9.17, 15) is 4.79 Å². The number of ketones is 1. The van der Waals surface area contributed by atoms with Gasteiger partial charge < -0.3 is 9.88 Å². The first kappa shape index (κ1) is 11.0. The van der Waals surface area contributed by atoms with Crippen molar-refractivity contribution in [1.82, 2.24) is 9.88 Å². The summed E-state index contributed by atoms with van der Waals surface area (Å²) in [5.74, 6) is 0.161. The van der Waals surface area contributed by atoms with Gasteiger partial charge >= 0.3 is 0 Å². The SMILES string of the molecule is CNC(C)C(=O)c1cc(C)n(C)c1C. The molecule has 0 bridgehead atoms. The molecule has 0 aliphatic carbocycles. The van der Waals surface area contributed by atoms with Crippen molar-refractivity contribution in [2.24, 2.45) is 7.05 Å². The Morgan fingerprint density at radius 3 is 2.43 bits per heavy atom. The molecule has 3 heteroatoms. The first-order valence-electron chi connectivity index (χ1n) is 4.83. The number of hydrogen-bond donors (Lipinski definition) is 1. The Hall–Kier alpha value is -1.09. The highest BCUT2D eigenvalue weighted by Gasteiger charge is 2.18. The molecule has 0 aliphatic rings. The van der Waals surface area contributed by atoms with Gasteiger partial charge in [-0.3, -0.25) is 4.79 Å². The summed E-state index contributed by atoms with van der Waals surface area (Å²) in [6.07, 6.45) is 0. The number of likely N-dealkylation sites (N-methyl/N-ethyl adjacent to an activating group) is 1. The summed E-state index contributed by atoms with van der Waals surface area (Å²) in [4.78, 5) is 11.9. The Balaban J connectivity index is 3.08. The molecule has 0 saturated heterocycles. The Morgan fingerprint density at radius 2 is 2.07 bits per heavy atom. The number of nitrogens with one attached hydrogen (secondary N) is 1. The summed E-state index contributed by atoms with van der Waals surface area (Å²) in [5, 5.41) is 2.96. The molecule has 1 aromatic rings. The number of nitrogens with zero attached hydrogens (tertiary/aromatic N) is 1. The molecule has 1 heterocycles. The Labute approximate surface area is 85.1 Å². The van der Waals surface area contributed by atoms with Gasteiger partial charge in [0.15, 0.2) is 5.78 Å². The van der Waals surface area contributed by atoms with E-state index in [2.05, 4.69) is 5.32 Å². The molecule has 1 rings (SSSR count). The van der Waals surface area contributed by atoms with E-state index in [0.29, 0.717) is 0 Å². The van der Waals surface area contributed by atoms with Gasteiger partial charge in [-0.25, -0.2) is 0 Å². The Morgan fingerprint density at radius 1 is 1.50 bits per heavy atom. The minimum atomic E-state index is -0.115. The standard InChI is InChI=1S/C11H18N2O/c1-7-6-10(9(3)13(7)5)11(14)8(2)12-4/h6,8,12H,1-5H3. The summed E-state index contributed by atoms with van der Waals surface area (Å²) >= 11 is 0. The quantitative estimate of drug-likeness (QED) is 0.739. The van der Waals surface area contributed by atoms with Gasteiger partial charge in [-0.05, 0) is 33.9 Å². The third kappa shape index (κ3) is 1.73. The fourth-order valence-corrected chi connectivity index (χ4v) is 1.47. The van der Waals surface area contributed by atoms with E-state index in [0.717, 1.165) is 17.0 Å². The highest BCUT2D eigenvalue weighted by molar-refractivity contribution is 6.01. The van der Waals surface area contributed by atoms with E-state index in [-0.39, 0.29) is 11.8 Å². The van der Waals surface area contributed by atoms with Crippen molar-refractivity contribution in [2.45, 2.75) is 26.8 Å². The fraction of sp³-hybridized carbons (Fsp3) is 0.545.